The zero-order valence-corrected chi connectivity index (χ0v) is 16.1. The second-order valence-electron chi connectivity index (χ2n) is 5.30. The van der Waals surface area contributed by atoms with Gasteiger partial charge in [0.25, 0.3) is 5.91 Å². The van der Waals surface area contributed by atoms with Crippen LogP contribution < -0.4 is 10.6 Å². The van der Waals surface area contributed by atoms with Crippen molar-refractivity contribution in [1.82, 2.24) is 15.1 Å². The van der Waals surface area contributed by atoms with Crippen molar-refractivity contribution in [2.45, 2.75) is 12.5 Å². The molecule has 2 aromatic rings. The molecule has 134 valence electrons. The third-order valence-corrected chi connectivity index (χ3v) is 4.56. The van der Waals surface area contributed by atoms with Crippen molar-refractivity contribution in [1.29, 1.82) is 0 Å². The zero-order valence-electron chi connectivity index (χ0n) is 13.8. The molecule has 1 aromatic carbocycles. The van der Waals surface area contributed by atoms with Crippen LogP contribution in [0.15, 0.2) is 30.5 Å². The first-order valence-electron chi connectivity index (χ1n) is 7.46. The summed E-state index contributed by atoms with van der Waals surface area (Å²) in [6.07, 6.45) is 4.14. The largest absolute Gasteiger partial charge is 0.340 e. The van der Waals surface area contributed by atoms with Gasteiger partial charge in [-0.1, -0.05) is 23.2 Å². The van der Waals surface area contributed by atoms with Gasteiger partial charge in [-0.2, -0.15) is 16.9 Å². The number of nitrogens with one attached hydrogen (secondary N) is 2. The maximum absolute atomic E-state index is 12.5. The summed E-state index contributed by atoms with van der Waals surface area (Å²) in [6, 6.07) is 5.58. The number of hydrogen-bond donors (Lipinski definition) is 2. The molecule has 1 heterocycles. The lowest BCUT2D eigenvalue weighted by atomic mass is 10.1. The molecule has 0 aliphatic rings. The summed E-state index contributed by atoms with van der Waals surface area (Å²) in [7, 11) is 1.76. The first-order chi connectivity index (χ1) is 11.9. The van der Waals surface area contributed by atoms with Crippen LogP contribution in [-0.4, -0.2) is 39.6 Å². The second kappa shape index (κ2) is 9.12. The van der Waals surface area contributed by atoms with E-state index in [0.717, 1.165) is 5.75 Å². The molecule has 1 unspecified atom stereocenters. The summed E-state index contributed by atoms with van der Waals surface area (Å²) < 4.78 is 1.58. The van der Waals surface area contributed by atoms with E-state index in [1.807, 2.05) is 6.26 Å². The number of carbonyl (C=O) groups is 2. The van der Waals surface area contributed by atoms with E-state index >= 15 is 0 Å². The van der Waals surface area contributed by atoms with Crippen LogP contribution in [0.25, 0.3) is 0 Å². The molecule has 0 fully saturated rings. The minimum absolute atomic E-state index is 0.235. The molecule has 9 heteroatoms. The van der Waals surface area contributed by atoms with E-state index in [-0.39, 0.29) is 16.5 Å². The molecule has 1 atom stereocenters. The van der Waals surface area contributed by atoms with Gasteiger partial charge in [0.2, 0.25) is 5.91 Å². The van der Waals surface area contributed by atoms with E-state index in [1.54, 1.807) is 41.8 Å². The van der Waals surface area contributed by atoms with Gasteiger partial charge in [0.1, 0.15) is 6.04 Å². The molecule has 0 saturated heterocycles. The molecule has 0 saturated carbocycles. The van der Waals surface area contributed by atoms with Gasteiger partial charge in [0.15, 0.2) is 5.82 Å². The molecular formula is C16H18Cl2N4O2S. The van der Waals surface area contributed by atoms with Gasteiger partial charge < -0.3 is 10.6 Å². The fourth-order valence-electron chi connectivity index (χ4n) is 2.11. The lowest BCUT2D eigenvalue weighted by molar-refractivity contribution is -0.118. The summed E-state index contributed by atoms with van der Waals surface area (Å²) in [5.41, 5.74) is 0.269. The van der Waals surface area contributed by atoms with Crippen molar-refractivity contribution in [2.75, 3.05) is 17.3 Å². The van der Waals surface area contributed by atoms with Gasteiger partial charge in [0.05, 0.1) is 10.6 Å². The fraction of sp³-hybridized carbons (Fsp3) is 0.312. The second-order valence-corrected chi connectivity index (χ2v) is 7.12. The van der Waals surface area contributed by atoms with Gasteiger partial charge in [0, 0.05) is 24.3 Å². The molecule has 2 N–H and O–H groups in total. The summed E-state index contributed by atoms with van der Waals surface area (Å²) >= 11 is 13.5. The van der Waals surface area contributed by atoms with E-state index in [4.69, 9.17) is 23.2 Å². The Morgan fingerprint density at radius 3 is 2.68 bits per heavy atom. The Morgan fingerprint density at radius 2 is 2.08 bits per heavy atom. The third kappa shape index (κ3) is 5.66. The highest BCUT2D eigenvalue weighted by Gasteiger charge is 2.23. The number of rotatable bonds is 7. The number of anilines is 1. The van der Waals surface area contributed by atoms with Gasteiger partial charge >= 0.3 is 0 Å². The van der Waals surface area contributed by atoms with Gasteiger partial charge in [-0.3, -0.25) is 14.3 Å². The summed E-state index contributed by atoms with van der Waals surface area (Å²) in [5, 5.41) is 10.2. The average Bonchev–Trinajstić information content (AvgIpc) is 2.96. The third-order valence-electron chi connectivity index (χ3n) is 3.37. The standard InChI is InChI=1S/C16H18Cl2N4O2S/c1-22-7-5-14(21-22)20-16(24)13(6-8-25-2)19-15(23)11-4-3-10(17)9-12(11)18/h3-5,7,9,13H,6,8H2,1-2H3,(H,19,23)(H,20,21,24). The minimum atomic E-state index is -0.700. The van der Waals surface area contributed by atoms with Crippen LogP contribution in [0.4, 0.5) is 5.82 Å². The van der Waals surface area contributed by atoms with Crippen molar-refractivity contribution >= 4 is 52.6 Å². The Balaban J connectivity index is 2.10. The SMILES string of the molecule is CSCCC(NC(=O)c1ccc(Cl)cc1Cl)C(=O)Nc1ccn(C)n1. The first kappa shape index (κ1) is 19.6. The highest BCUT2D eigenvalue weighted by molar-refractivity contribution is 7.98. The van der Waals surface area contributed by atoms with E-state index < -0.39 is 11.9 Å². The Bertz CT molecular complexity index is 766. The maximum atomic E-state index is 12.5. The molecule has 0 bridgehead atoms. The molecule has 0 radical (unpaired) electrons. The average molecular weight is 401 g/mol. The van der Waals surface area contributed by atoms with Crippen molar-refractivity contribution in [3.8, 4) is 0 Å². The van der Waals surface area contributed by atoms with Gasteiger partial charge in [-0.05, 0) is 36.6 Å². The Labute approximate surface area is 160 Å². The van der Waals surface area contributed by atoms with E-state index in [0.29, 0.717) is 17.3 Å². The van der Waals surface area contributed by atoms with Crippen LogP contribution in [0.1, 0.15) is 16.8 Å². The Kier molecular flexibility index (Phi) is 7.16. The molecule has 2 amide bonds. The fourth-order valence-corrected chi connectivity index (χ4v) is 3.07. The quantitative estimate of drug-likeness (QED) is 0.747. The number of aromatic nitrogens is 2. The number of nitrogens with zero attached hydrogens (tertiary/aromatic N) is 2. The predicted octanol–water partition coefficient (Wildman–Crippen LogP) is 3.22. The topological polar surface area (TPSA) is 76.0 Å². The van der Waals surface area contributed by atoms with Crippen LogP contribution >= 0.6 is 35.0 Å². The number of hydrogen-bond acceptors (Lipinski definition) is 4. The monoisotopic (exact) mass is 400 g/mol. The van der Waals surface area contributed by atoms with Crippen molar-refractivity contribution in [2.24, 2.45) is 7.05 Å². The highest BCUT2D eigenvalue weighted by Crippen LogP contribution is 2.21. The number of halogens is 2. The lowest BCUT2D eigenvalue weighted by Gasteiger charge is -2.18. The molecule has 0 spiro atoms. The van der Waals surface area contributed by atoms with Crippen LogP contribution in [0.2, 0.25) is 10.0 Å². The molecule has 25 heavy (non-hydrogen) atoms. The number of thioether (sulfide) groups is 1. The summed E-state index contributed by atoms with van der Waals surface area (Å²) in [4.78, 5) is 25.0. The van der Waals surface area contributed by atoms with Gasteiger partial charge in [-0.15, -0.1) is 0 Å². The molecule has 6 nitrogen and oxygen atoms in total. The number of amides is 2. The van der Waals surface area contributed by atoms with Gasteiger partial charge in [-0.25, -0.2) is 0 Å². The van der Waals surface area contributed by atoms with Crippen LogP contribution in [0.5, 0.6) is 0 Å². The predicted molar refractivity (Wildman–Crippen MR) is 103 cm³/mol. The van der Waals surface area contributed by atoms with Crippen LogP contribution in [0, 0.1) is 0 Å². The van der Waals surface area contributed by atoms with Crippen molar-refractivity contribution in [3.05, 3.63) is 46.1 Å². The Morgan fingerprint density at radius 1 is 1.32 bits per heavy atom. The normalized spacial score (nSPS) is 11.8. The minimum Gasteiger partial charge on any atom is -0.340 e. The molecule has 0 aliphatic heterocycles. The zero-order chi connectivity index (χ0) is 18.4. The highest BCUT2D eigenvalue weighted by atomic mass is 35.5. The molecule has 0 aliphatic carbocycles. The van der Waals surface area contributed by atoms with Crippen molar-refractivity contribution < 1.29 is 9.59 Å². The molecular weight excluding hydrogens is 383 g/mol. The summed E-state index contributed by atoms with van der Waals surface area (Å²) in [6.45, 7) is 0. The van der Waals surface area contributed by atoms with Crippen LogP contribution in [0.3, 0.4) is 0 Å². The first-order valence-corrected chi connectivity index (χ1v) is 9.61. The number of benzene rings is 1. The lowest BCUT2D eigenvalue weighted by Crippen LogP contribution is -2.44. The van der Waals surface area contributed by atoms with E-state index in [2.05, 4.69) is 15.7 Å². The Hall–Kier alpha value is -1.70. The van der Waals surface area contributed by atoms with E-state index in [1.165, 1.54) is 12.1 Å². The smallest absolute Gasteiger partial charge is 0.253 e. The van der Waals surface area contributed by atoms with E-state index in [9.17, 15) is 9.59 Å². The number of carbonyl (C=O) groups excluding carboxylic acids is 2. The summed E-state index contributed by atoms with van der Waals surface area (Å²) in [5.74, 6) is 0.394. The van der Waals surface area contributed by atoms with Crippen molar-refractivity contribution in [3.63, 3.8) is 0 Å². The molecule has 2 rings (SSSR count). The number of aryl methyl sites for hydroxylation is 1. The van der Waals surface area contributed by atoms with Crippen LogP contribution in [-0.2, 0) is 11.8 Å². The maximum Gasteiger partial charge on any atom is 0.253 e. The molecule has 1 aromatic heterocycles.